The zero-order valence-corrected chi connectivity index (χ0v) is 14.1. The van der Waals surface area contributed by atoms with Gasteiger partial charge in [0, 0.05) is 4.90 Å². The summed E-state index contributed by atoms with van der Waals surface area (Å²) in [4.78, 5) is 1.40. The van der Waals surface area contributed by atoms with E-state index in [-0.39, 0.29) is 4.83 Å². The average molecular weight is 353 g/mol. The molecule has 0 radical (unpaired) electrons. The Kier molecular flexibility index (Phi) is 5.38. The molecule has 0 spiro atoms. The van der Waals surface area contributed by atoms with E-state index in [1.165, 1.54) is 10.5 Å². The number of thioether (sulfide) groups is 1. The van der Waals surface area contributed by atoms with Crippen LogP contribution in [0.1, 0.15) is 16.0 Å². The molecule has 2 aromatic rings. The van der Waals surface area contributed by atoms with Gasteiger partial charge < -0.3 is 9.47 Å². The number of rotatable bonds is 5. The van der Waals surface area contributed by atoms with Gasteiger partial charge in [-0.25, -0.2) is 0 Å². The van der Waals surface area contributed by atoms with E-state index in [2.05, 4.69) is 52.5 Å². The van der Waals surface area contributed by atoms with E-state index in [0.717, 1.165) is 17.1 Å². The maximum absolute atomic E-state index is 5.37. The van der Waals surface area contributed by atoms with Gasteiger partial charge in [-0.15, -0.1) is 11.8 Å². The Morgan fingerprint density at radius 2 is 1.70 bits per heavy atom. The zero-order chi connectivity index (χ0) is 14.5. The lowest BCUT2D eigenvalue weighted by atomic mass is 10.0. The molecule has 20 heavy (non-hydrogen) atoms. The van der Waals surface area contributed by atoms with Crippen LogP contribution in [0.25, 0.3) is 0 Å². The van der Waals surface area contributed by atoms with E-state index < -0.39 is 0 Å². The van der Waals surface area contributed by atoms with Crippen LogP contribution in [0.5, 0.6) is 11.5 Å². The van der Waals surface area contributed by atoms with Crippen molar-refractivity contribution < 1.29 is 9.47 Å². The van der Waals surface area contributed by atoms with Gasteiger partial charge in [0.15, 0.2) is 11.5 Å². The first-order chi connectivity index (χ1) is 9.71. The van der Waals surface area contributed by atoms with Crippen molar-refractivity contribution in [1.82, 2.24) is 0 Å². The van der Waals surface area contributed by atoms with Crippen molar-refractivity contribution in [3.63, 3.8) is 0 Å². The smallest absolute Gasteiger partial charge is 0.161 e. The molecule has 0 saturated carbocycles. The minimum atomic E-state index is 0.131. The topological polar surface area (TPSA) is 18.5 Å². The highest BCUT2D eigenvalue weighted by atomic mass is 79.9. The summed E-state index contributed by atoms with van der Waals surface area (Å²) in [5, 5.41) is 0. The third kappa shape index (κ3) is 3.13. The molecule has 106 valence electrons. The van der Waals surface area contributed by atoms with Gasteiger partial charge in [-0.3, -0.25) is 0 Å². The van der Waals surface area contributed by atoms with Crippen molar-refractivity contribution in [1.29, 1.82) is 0 Å². The summed E-state index contributed by atoms with van der Waals surface area (Å²) in [5.41, 5.74) is 2.40. The van der Waals surface area contributed by atoms with Gasteiger partial charge in [-0.2, -0.15) is 0 Å². The molecule has 2 nitrogen and oxygen atoms in total. The number of hydrogen-bond donors (Lipinski definition) is 0. The first-order valence-corrected chi connectivity index (χ1v) is 8.34. The largest absolute Gasteiger partial charge is 0.493 e. The van der Waals surface area contributed by atoms with Crippen LogP contribution in [0.2, 0.25) is 0 Å². The summed E-state index contributed by atoms with van der Waals surface area (Å²) in [6.45, 7) is 0. The lowest BCUT2D eigenvalue weighted by molar-refractivity contribution is 0.354. The van der Waals surface area contributed by atoms with E-state index in [1.54, 1.807) is 26.0 Å². The molecule has 1 atom stereocenters. The van der Waals surface area contributed by atoms with Gasteiger partial charge in [0.1, 0.15) is 0 Å². The Morgan fingerprint density at radius 3 is 2.35 bits per heavy atom. The second kappa shape index (κ2) is 7.04. The summed E-state index contributed by atoms with van der Waals surface area (Å²) in [7, 11) is 3.30. The van der Waals surface area contributed by atoms with Crippen LogP contribution in [0.3, 0.4) is 0 Å². The molecule has 2 aromatic carbocycles. The Labute approximate surface area is 132 Å². The van der Waals surface area contributed by atoms with Crippen molar-refractivity contribution in [3.8, 4) is 11.5 Å². The van der Waals surface area contributed by atoms with Gasteiger partial charge in [-0.05, 0) is 35.6 Å². The Balaban J connectivity index is 2.40. The Hall–Kier alpha value is -1.13. The highest BCUT2D eigenvalue weighted by Gasteiger charge is 2.16. The molecule has 0 aliphatic carbocycles. The molecular weight excluding hydrogens is 336 g/mol. The first-order valence-electron chi connectivity index (χ1n) is 6.20. The van der Waals surface area contributed by atoms with E-state index in [4.69, 9.17) is 9.47 Å². The molecule has 1 unspecified atom stereocenters. The van der Waals surface area contributed by atoms with E-state index in [0.29, 0.717) is 0 Å². The summed E-state index contributed by atoms with van der Waals surface area (Å²) in [6.07, 6.45) is 2.09. The van der Waals surface area contributed by atoms with Crippen LogP contribution in [0.4, 0.5) is 0 Å². The van der Waals surface area contributed by atoms with Crippen molar-refractivity contribution in [2.75, 3.05) is 20.5 Å². The molecule has 0 saturated heterocycles. The predicted molar refractivity (Wildman–Crippen MR) is 88.5 cm³/mol. The molecule has 0 N–H and O–H groups in total. The lowest BCUT2D eigenvalue weighted by Crippen LogP contribution is -1.97. The minimum Gasteiger partial charge on any atom is -0.493 e. The standard InChI is InChI=1S/C16H17BrO2S/c1-18-13-9-8-11(10-14(13)19-2)16(17)12-6-4-5-7-15(12)20-3/h4-10,16H,1-3H3. The number of alkyl halides is 1. The zero-order valence-electron chi connectivity index (χ0n) is 11.7. The number of benzene rings is 2. The quantitative estimate of drug-likeness (QED) is 0.562. The van der Waals surface area contributed by atoms with Crippen molar-refractivity contribution in [2.45, 2.75) is 9.72 Å². The van der Waals surface area contributed by atoms with Gasteiger partial charge in [0.25, 0.3) is 0 Å². The molecule has 0 heterocycles. The molecule has 0 aliphatic heterocycles. The van der Waals surface area contributed by atoms with E-state index in [1.807, 2.05) is 12.1 Å². The summed E-state index contributed by atoms with van der Waals surface area (Å²) in [6, 6.07) is 14.4. The van der Waals surface area contributed by atoms with Gasteiger partial charge in [-0.1, -0.05) is 40.2 Å². The Bertz CT molecular complexity index is 586. The fourth-order valence-electron chi connectivity index (χ4n) is 2.07. The fraction of sp³-hybridized carbons (Fsp3) is 0.250. The van der Waals surface area contributed by atoms with Crippen LogP contribution >= 0.6 is 27.7 Å². The normalized spacial score (nSPS) is 12.0. The molecule has 0 bridgehead atoms. The second-order valence-electron chi connectivity index (χ2n) is 4.22. The second-order valence-corrected chi connectivity index (χ2v) is 5.98. The summed E-state index contributed by atoms with van der Waals surface area (Å²) < 4.78 is 10.6. The van der Waals surface area contributed by atoms with Gasteiger partial charge >= 0.3 is 0 Å². The summed E-state index contributed by atoms with van der Waals surface area (Å²) >= 11 is 5.54. The summed E-state index contributed by atoms with van der Waals surface area (Å²) in [5.74, 6) is 1.49. The third-order valence-corrected chi connectivity index (χ3v) is 4.95. The molecular formula is C16H17BrO2S. The molecule has 4 heteroatoms. The number of ether oxygens (including phenoxy) is 2. The lowest BCUT2D eigenvalue weighted by Gasteiger charge is -2.16. The van der Waals surface area contributed by atoms with Crippen molar-refractivity contribution in [3.05, 3.63) is 53.6 Å². The maximum atomic E-state index is 5.37. The molecule has 0 amide bonds. The number of hydrogen-bond acceptors (Lipinski definition) is 3. The van der Waals surface area contributed by atoms with E-state index >= 15 is 0 Å². The van der Waals surface area contributed by atoms with Crippen molar-refractivity contribution in [2.24, 2.45) is 0 Å². The van der Waals surface area contributed by atoms with Crippen LogP contribution in [-0.4, -0.2) is 20.5 Å². The fourth-order valence-corrected chi connectivity index (χ4v) is 3.54. The highest BCUT2D eigenvalue weighted by molar-refractivity contribution is 9.09. The van der Waals surface area contributed by atoms with E-state index in [9.17, 15) is 0 Å². The van der Waals surface area contributed by atoms with Crippen LogP contribution in [-0.2, 0) is 0 Å². The van der Waals surface area contributed by atoms with Crippen LogP contribution in [0.15, 0.2) is 47.4 Å². The number of methoxy groups -OCH3 is 2. The minimum absolute atomic E-state index is 0.131. The average Bonchev–Trinajstić information content (AvgIpc) is 2.53. The van der Waals surface area contributed by atoms with Crippen molar-refractivity contribution >= 4 is 27.7 Å². The molecule has 2 rings (SSSR count). The SMILES string of the molecule is COc1ccc(C(Br)c2ccccc2SC)cc1OC. The van der Waals surface area contributed by atoms with Crippen LogP contribution < -0.4 is 9.47 Å². The van der Waals surface area contributed by atoms with Gasteiger partial charge in [0.2, 0.25) is 0 Å². The maximum Gasteiger partial charge on any atom is 0.161 e. The van der Waals surface area contributed by atoms with Crippen LogP contribution in [0, 0.1) is 0 Å². The van der Waals surface area contributed by atoms with Gasteiger partial charge in [0.05, 0.1) is 19.0 Å². The first kappa shape index (κ1) is 15.3. The molecule has 0 aliphatic rings. The third-order valence-electron chi connectivity index (χ3n) is 3.11. The monoisotopic (exact) mass is 352 g/mol. The molecule has 0 aromatic heterocycles. The molecule has 0 fully saturated rings. The highest BCUT2D eigenvalue weighted by Crippen LogP contribution is 2.39. The Morgan fingerprint density at radius 1 is 1.00 bits per heavy atom. The number of halogens is 1. The predicted octanol–water partition coefficient (Wildman–Crippen LogP) is 4.91.